The van der Waals surface area contributed by atoms with Gasteiger partial charge in [-0.05, 0) is 18.9 Å². The molecule has 0 nitrogen and oxygen atoms in total. The molecule has 7 heavy (non-hydrogen) atoms. The Bertz CT molecular complexity index is 66.1. The number of allylic oxidation sites excluding steroid dienone is 1. The maximum absolute atomic E-state index is 3.42. The minimum absolute atomic E-state index is 1.14. The molecule has 0 rings (SSSR count). The van der Waals surface area contributed by atoms with E-state index >= 15 is 0 Å². The quantitative estimate of drug-likeness (QED) is 0.373. The van der Waals surface area contributed by atoms with E-state index in [1.54, 1.807) is 0 Å². The van der Waals surface area contributed by atoms with Gasteiger partial charge in [0, 0.05) is 0 Å². The number of hydrogen-bond donors (Lipinski definition) is 0. The topological polar surface area (TPSA) is 0 Å². The van der Waals surface area contributed by atoms with Crippen LogP contribution in [0.1, 0.15) is 19.8 Å². The molecule has 0 heterocycles. The Morgan fingerprint density at radius 3 is 2.86 bits per heavy atom. The highest BCUT2D eigenvalue weighted by atomic mass is 13.8. The fraction of sp³-hybridized carbons (Fsp3) is 0.429. The van der Waals surface area contributed by atoms with Crippen molar-refractivity contribution in [3.63, 3.8) is 0 Å². The molecule has 0 heteroatoms. The highest BCUT2D eigenvalue weighted by Crippen LogP contribution is 1.90. The SMILES string of the molecule is C=C=C[CH]CCC. The van der Waals surface area contributed by atoms with Crippen LogP contribution in [-0.2, 0) is 0 Å². The summed E-state index contributed by atoms with van der Waals surface area (Å²) < 4.78 is 0. The molecule has 0 aliphatic rings. The summed E-state index contributed by atoms with van der Waals surface area (Å²) in [5, 5.41) is 0. The monoisotopic (exact) mass is 95.1 g/mol. The molecule has 0 aliphatic heterocycles. The van der Waals surface area contributed by atoms with E-state index in [-0.39, 0.29) is 0 Å². The number of unbranched alkanes of at least 4 members (excludes halogenated alkanes) is 2. The van der Waals surface area contributed by atoms with Crippen molar-refractivity contribution in [3.8, 4) is 0 Å². The van der Waals surface area contributed by atoms with E-state index in [1.807, 2.05) is 6.08 Å². The fourth-order valence-electron chi connectivity index (χ4n) is 0.333. The average Bonchev–Trinajstić information content (AvgIpc) is 1.69. The van der Waals surface area contributed by atoms with Crippen LogP contribution >= 0.6 is 0 Å². The van der Waals surface area contributed by atoms with Gasteiger partial charge in [0.05, 0.1) is 0 Å². The summed E-state index contributed by atoms with van der Waals surface area (Å²) in [6.07, 6.45) is 6.26. The van der Waals surface area contributed by atoms with Gasteiger partial charge in [0.1, 0.15) is 0 Å². The minimum atomic E-state index is 1.14. The molecule has 0 saturated carbocycles. The van der Waals surface area contributed by atoms with Gasteiger partial charge < -0.3 is 0 Å². The van der Waals surface area contributed by atoms with Crippen LogP contribution in [-0.4, -0.2) is 0 Å². The molecule has 0 N–H and O–H groups in total. The molecule has 0 unspecified atom stereocenters. The lowest BCUT2D eigenvalue weighted by molar-refractivity contribution is 0.923. The zero-order valence-electron chi connectivity index (χ0n) is 4.78. The zero-order valence-corrected chi connectivity index (χ0v) is 4.78. The molecular formula is C7H11. The third kappa shape index (κ3) is 5.52. The highest BCUT2D eigenvalue weighted by Gasteiger charge is 1.73. The van der Waals surface area contributed by atoms with Gasteiger partial charge in [-0.1, -0.05) is 19.9 Å². The van der Waals surface area contributed by atoms with E-state index in [2.05, 4.69) is 25.7 Å². The Labute approximate surface area is 45.5 Å². The Morgan fingerprint density at radius 2 is 2.43 bits per heavy atom. The van der Waals surface area contributed by atoms with E-state index in [0.717, 1.165) is 6.42 Å². The predicted molar refractivity (Wildman–Crippen MR) is 32.9 cm³/mol. The molecule has 0 aliphatic carbocycles. The smallest absolute Gasteiger partial charge is 0.00887 e. The van der Waals surface area contributed by atoms with E-state index in [4.69, 9.17) is 0 Å². The van der Waals surface area contributed by atoms with Gasteiger partial charge in [-0.15, -0.1) is 5.73 Å². The van der Waals surface area contributed by atoms with Gasteiger partial charge in [0.25, 0.3) is 0 Å². The first-order valence-electron chi connectivity index (χ1n) is 2.59. The lowest BCUT2D eigenvalue weighted by Crippen LogP contribution is -1.64. The van der Waals surface area contributed by atoms with Crippen molar-refractivity contribution in [2.24, 2.45) is 0 Å². The first kappa shape index (κ1) is 6.52. The molecule has 0 aromatic rings. The van der Waals surface area contributed by atoms with Crippen LogP contribution in [0, 0.1) is 6.42 Å². The molecular weight excluding hydrogens is 84.1 g/mol. The first-order valence-corrected chi connectivity index (χ1v) is 2.59. The standard InChI is InChI=1S/C7H11/c1-3-5-7-6-4-2/h5,7H,1,4,6H2,2H3. The van der Waals surface area contributed by atoms with Crippen molar-refractivity contribution in [1.29, 1.82) is 0 Å². The summed E-state index contributed by atoms with van der Waals surface area (Å²) in [6.45, 7) is 5.57. The molecule has 0 bridgehead atoms. The molecule has 1 radical (unpaired) electrons. The molecule has 0 amide bonds. The van der Waals surface area contributed by atoms with Crippen LogP contribution in [0.15, 0.2) is 18.4 Å². The molecule has 0 spiro atoms. The summed E-state index contributed by atoms with van der Waals surface area (Å²) in [7, 11) is 0. The van der Waals surface area contributed by atoms with E-state index in [1.165, 1.54) is 6.42 Å². The number of hydrogen-bond acceptors (Lipinski definition) is 0. The summed E-state index contributed by atoms with van der Waals surface area (Å²) in [4.78, 5) is 0. The van der Waals surface area contributed by atoms with Gasteiger partial charge in [0.2, 0.25) is 0 Å². The summed E-state index contributed by atoms with van der Waals surface area (Å²) >= 11 is 0. The maximum atomic E-state index is 3.42. The van der Waals surface area contributed by atoms with Crippen molar-refractivity contribution < 1.29 is 0 Å². The molecule has 0 aromatic heterocycles. The van der Waals surface area contributed by atoms with Crippen LogP contribution < -0.4 is 0 Å². The van der Waals surface area contributed by atoms with E-state index < -0.39 is 0 Å². The van der Waals surface area contributed by atoms with Gasteiger partial charge >= 0.3 is 0 Å². The Hall–Kier alpha value is -0.480. The van der Waals surface area contributed by atoms with Crippen molar-refractivity contribution in [2.75, 3.05) is 0 Å². The van der Waals surface area contributed by atoms with Crippen LogP contribution in [0.4, 0.5) is 0 Å². The third-order valence-electron chi connectivity index (χ3n) is 0.691. The molecule has 39 valence electrons. The summed E-state index contributed by atoms with van der Waals surface area (Å²) in [5.41, 5.74) is 2.67. The third-order valence-corrected chi connectivity index (χ3v) is 0.691. The second-order valence-electron chi connectivity index (χ2n) is 1.40. The zero-order chi connectivity index (χ0) is 5.54. The molecule has 0 aromatic carbocycles. The maximum Gasteiger partial charge on any atom is -0.00887 e. The Morgan fingerprint density at radius 1 is 1.71 bits per heavy atom. The fourth-order valence-corrected chi connectivity index (χ4v) is 0.333. The lowest BCUT2D eigenvalue weighted by atomic mass is 10.2. The molecule has 0 atom stereocenters. The van der Waals surface area contributed by atoms with Crippen LogP contribution in [0.3, 0.4) is 0 Å². The van der Waals surface area contributed by atoms with Crippen molar-refractivity contribution in [1.82, 2.24) is 0 Å². The average molecular weight is 95.2 g/mol. The normalized spacial score (nSPS) is 7.57. The summed E-state index contributed by atoms with van der Waals surface area (Å²) in [5.74, 6) is 0. The van der Waals surface area contributed by atoms with Gasteiger partial charge in [-0.2, -0.15) is 0 Å². The first-order chi connectivity index (χ1) is 3.41. The Kier molecular flexibility index (Phi) is 5.14. The second kappa shape index (κ2) is 5.52. The minimum Gasteiger partial charge on any atom is -0.133 e. The van der Waals surface area contributed by atoms with Crippen LogP contribution in [0.25, 0.3) is 0 Å². The van der Waals surface area contributed by atoms with Crippen molar-refractivity contribution in [2.45, 2.75) is 19.8 Å². The second-order valence-corrected chi connectivity index (χ2v) is 1.40. The van der Waals surface area contributed by atoms with E-state index in [9.17, 15) is 0 Å². The van der Waals surface area contributed by atoms with Gasteiger partial charge in [0.15, 0.2) is 0 Å². The van der Waals surface area contributed by atoms with Crippen molar-refractivity contribution in [3.05, 3.63) is 24.8 Å². The van der Waals surface area contributed by atoms with Crippen LogP contribution in [0.5, 0.6) is 0 Å². The van der Waals surface area contributed by atoms with Gasteiger partial charge in [-0.3, -0.25) is 0 Å². The summed E-state index contributed by atoms with van der Waals surface area (Å²) in [6, 6.07) is 0. The molecule has 0 fully saturated rings. The number of rotatable bonds is 3. The van der Waals surface area contributed by atoms with Crippen molar-refractivity contribution >= 4 is 0 Å². The van der Waals surface area contributed by atoms with Gasteiger partial charge in [-0.25, -0.2) is 0 Å². The molecule has 0 saturated heterocycles. The predicted octanol–water partition coefficient (Wildman–Crippen LogP) is 2.33. The Balaban J connectivity index is 2.83. The van der Waals surface area contributed by atoms with E-state index in [0.29, 0.717) is 0 Å². The highest BCUT2D eigenvalue weighted by molar-refractivity contribution is 4.90. The lowest BCUT2D eigenvalue weighted by Gasteiger charge is -1.81. The van der Waals surface area contributed by atoms with Crippen LogP contribution in [0.2, 0.25) is 0 Å². The largest absolute Gasteiger partial charge is 0.133 e.